The summed E-state index contributed by atoms with van der Waals surface area (Å²) in [5, 5.41) is 0. The van der Waals surface area contributed by atoms with Gasteiger partial charge < -0.3 is 9.47 Å². The van der Waals surface area contributed by atoms with Crippen LogP contribution in [0.3, 0.4) is 0 Å². The van der Waals surface area contributed by atoms with E-state index in [1.54, 1.807) is 20.8 Å². The van der Waals surface area contributed by atoms with Gasteiger partial charge in [0.2, 0.25) is 0 Å². The van der Waals surface area contributed by atoms with Crippen LogP contribution in [-0.4, -0.2) is 32.8 Å². The van der Waals surface area contributed by atoms with E-state index in [0.717, 1.165) is 30.6 Å². The molecule has 8 heteroatoms. The zero-order valence-corrected chi connectivity index (χ0v) is 23.2. The Bertz CT molecular complexity index is 1320. The first-order valence-corrected chi connectivity index (χ1v) is 13.5. The van der Waals surface area contributed by atoms with Crippen molar-refractivity contribution in [2.45, 2.75) is 101 Å². The molecule has 4 rings (SSSR count). The summed E-state index contributed by atoms with van der Waals surface area (Å²) in [6.45, 7) is 11.0. The van der Waals surface area contributed by atoms with Crippen molar-refractivity contribution >= 4 is 34.9 Å². The van der Waals surface area contributed by atoms with Gasteiger partial charge in [-0.25, -0.2) is 18.7 Å². The molecule has 0 N–H and O–H groups in total. The average molecular weight is 527 g/mol. The number of ether oxygens (including phenoxy) is 2. The number of rotatable bonds is 5. The predicted octanol–water partition coefficient (Wildman–Crippen LogP) is 7.65. The number of imidazole rings is 1. The molecule has 0 saturated carbocycles. The van der Waals surface area contributed by atoms with E-state index in [-0.39, 0.29) is 5.97 Å². The van der Waals surface area contributed by atoms with Gasteiger partial charge in [-0.3, -0.25) is 4.79 Å². The summed E-state index contributed by atoms with van der Waals surface area (Å²) < 4.78 is 26.8. The molecular formula is C29H35FN2O4S. The molecule has 1 aliphatic carbocycles. The summed E-state index contributed by atoms with van der Waals surface area (Å²) in [7, 11) is 0. The Morgan fingerprint density at radius 3 is 2.51 bits per heavy atom. The van der Waals surface area contributed by atoms with Gasteiger partial charge in [0.25, 0.3) is 0 Å². The molecule has 1 aromatic heterocycles. The Hall–Kier alpha value is -2.87. The number of halogens is 1. The number of nitrogens with zero attached hydrogens (tertiary/aromatic N) is 2. The van der Waals surface area contributed by atoms with Crippen molar-refractivity contribution in [2.75, 3.05) is 0 Å². The van der Waals surface area contributed by atoms with Crippen molar-refractivity contribution in [3.8, 4) is 0 Å². The number of aryl methyl sites for hydroxylation is 1. The van der Waals surface area contributed by atoms with Gasteiger partial charge in [0.1, 0.15) is 28.9 Å². The lowest BCUT2D eigenvalue weighted by Crippen LogP contribution is -2.26. The maximum atomic E-state index is 14.6. The van der Waals surface area contributed by atoms with Crippen LogP contribution in [0.2, 0.25) is 0 Å². The second-order valence-corrected chi connectivity index (χ2v) is 12.7. The number of carbonyl (C=O) groups excluding carboxylic acids is 2. The second-order valence-electron chi connectivity index (χ2n) is 11.5. The zero-order chi connectivity index (χ0) is 27.0. The third kappa shape index (κ3) is 6.92. The van der Waals surface area contributed by atoms with Crippen LogP contribution in [0.4, 0.5) is 9.18 Å². The summed E-state index contributed by atoms with van der Waals surface area (Å²) in [6.07, 6.45) is 5.03. The molecule has 37 heavy (non-hydrogen) atoms. The fourth-order valence-electron chi connectivity index (χ4n) is 4.65. The van der Waals surface area contributed by atoms with Crippen LogP contribution in [0.15, 0.2) is 46.5 Å². The van der Waals surface area contributed by atoms with E-state index < -0.39 is 23.1 Å². The number of aromatic nitrogens is 2. The Labute approximate surface area is 221 Å². The van der Waals surface area contributed by atoms with E-state index in [0.29, 0.717) is 28.3 Å². The normalized spacial score (nSPS) is 15.9. The van der Waals surface area contributed by atoms with Crippen molar-refractivity contribution in [1.29, 1.82) is 0 Å². The van der Waals surface area contributed by atoms with E-state index in [4.69, 9.17) is 9.47 Å². The van der Waals surface area contributed by atoms with Crippen molar-refractivity contribution in [3.63, 3.8) is 0 Å². The SMILES string of the molecule is CC(C)(C)OC(=O)CC[C@@H]1CCCc2cc(Sc3cc(F)cc4c3ncn4C(=O)OC(C)(C)C)ccc21. The van der Waals surface area contributed by atoms with Crippen LogP contribution in [-0.2, 0) is 20.7 Å². The van der Waals surface area contributed by atoms with Gasteiger partial charge in [-0.05, 0) is 102 Å². The predicted molar refractivity (Wildman–Crippen MR) is 143 cm³/mol. The van der Waals surface area contributed by atoms with Crippen molar-refractivity contribution in [3.05, 3.63) is 53.6 Å². The van der Waals surface area contributed by atoms with Crippen LogP contribution in [0.25, 0.3) is 11.0 Å². The average Bonchev–Trinajstić information content (AvgIpc) is 3.19. The first kappa shape index (κ1) is 27.2. The molecule has 1 atom stereocenters. The quantitative estimate of drug-likeness (QED) is 0.318. The van der Waals surface area contributed by atoms with Crippen LogP contribution in [0.5, 0.6) is 0 Å². The van der Waals surface area contributed by atoms with Gasteiger partial charge in [-0.1, -0.05) is 17.8 Å². The maximum Gasteiger partial charge on any atom is 0.420 e. The molecule has 1 aliphatic rings. The summed E-state index contributed by atoms with van der Waals surface area (Å²) in [5.41, 5.74) is 2.31. The number of esters is 1. The second kappa shape index (κ2) is 10.5. The summed E-state index contributed by atoms with van der Waals surface area (Å²) >= 11 is 1.43. The Balaban J connectivity index is 1.53. The van der Waals surface area contributed by atoms with E-state index in [1.807, 2.05) is 26.8 Å². The molecule has 0 amide bonds. The highest BCUT2D eigenvalue weighted by Crippen LogP contribution is 2.40. The third-order valence-electron chi connectivity index (χ3n) is 6.07. The van der Waals surface area contributed by atoms with Gasteiger partial charge in [0.15, 0.2) is 0 Å². The van der Waals surface area contributed by atoms with Gasteiger partial charge in [0.05, 0.1) is 5.52 Å². The minimum absolute atomic E-state index is 0.160. The molecule has 2 aromatic carbocycles. The maximum absolute atomic E-state index is 14.6. The first-order valence-electron chi connectivity index (χ1n) is 12.7. The largest absolute Gasteiger partial charge is 0.460 e. The Morgan fingerprint density at radius 2 is 1.81 bits per heavy atom. The first-order chi connectivity index (χ1) is 17.3. The number of hydrogen-bond acceptors (Lipinski definition) is 6. The Kier molecular flexibility index (Phi) is 7.70. The fraction of sp³-hybridized carbons (Fsp3) is 0.483. The molecule has 1 heterocycles. The van der Waals surface area contributed by atoms with Gasteiger partial charge >= 0.3 is 12.1 Å². The number of hydrogen-bond donors (Lipinski definition) is 0. The summed E-state index contributed by atoms with van der Waals surface area (Å²) in [5.74, 6) is -0.283. The molecule has 0 unspecified atom stereocenters. The molecule has 198 valence electrons. The molecule has 0 bridgehead atoms. The molecule has 3 aromatic rings. The number of carbonyl (C=O) groups is 2. The number of benzene rings is 2. The van der Waals surface area contributed by atoms with E-state index >= 15 is 0 Å². The van der Waals surface area contributed by atoms with Crippen molar-refractivity contribution < 1.29 is 23.5 Å². The van der Waals surface area contributed by atoms with Crippen LogP contribution in [0.1, 0.15) is 84.3 Å². The van der Waals surface area contributed by atoms with Crippen molar-refractivity contribution in [2.24, 2.45) is 0 Å². The highest BCUT2D eigenvalue weighted by Gasteiger charge is 2.24. The smallest absolute Gasteiger partial charge is 0.420 e. The molecule has 6 nitrogen and oxygen atoms in total. The lowest BCUT2D eigenvalue weighted by atomic mass is 9.80. The van der Waals surface area contributed by atoms with Crippen molar-refractivity contribution in [1.82, 2.24) is 9.55 Å². The van der Waals surface area contributed by atoms with E-state index in [2.05, 4.69) is 17.1 Å². The van der Waals surface area contributed by atoms with Crippen LogP contribution < -0.4 is 0 Å². The monoisotopic (exact) mass is 526 g/mol. The minimum Gasteiger partial charge on any atom is -0.460 e. The molecule has 0 saturated heterocycles. The molecule has 0 radical (unpaired) electrons. The summed E-state index contributed by atoms with van der Waals surface area (Å²) in [4.78, 5) is 30.9. The molecular weight excluding hydrogens is 491 g/mol. The van der Waals surface area contributed by atoms with Crippen LogP contribution in [0, 0.1) is 5.82 Å². The highest BCUT2D eigenvalue weighted by molar-refractivity contribution is 7.99. The van der Waals surface area contributed by atoms with E-state index in [1.165, 1.54) is 45.9 Å². The lowest BCUT2D eigenvalue weighted by Gasteiger charge is -2.26. The fourth-order valence-corrected chi connectivity index (χ4v) is 5.67. The lowest BCUT2D eigenvalue weighted by molar-refractivity contribution is -0.155. The zero-order valence-electron chi connectivity index (χ0n) is 22.4. The topological polar surface area (TPSA) is 70.4 Å². The molecule has 0 spiro atoms. The van der Waals surface area contributed by atoms with Crippen LogP contribution >= 0.6 is 11.8 Å². The summed E-state index contributed by atoms with van der Waals surface area (Å²) in [6, 6.07) is 9.07. The minimum atomic E-state index is -0.674. The standard InChI is InChI=1S/C29H35FN2O4S/c1-28(2,3)35-25(33)13-10-18-8-7-9-19-14-21(11-12-22(18)19)37-24-16-20(30)15-23-26(24)31-17-32(23)27(34)36-29(4,5)6/h11-12,14-18H,7-10,13H2,1-6H3/t18-/m0/s1. The van der Waals surface area contributed by atoms with Gasteiger partial charge in [0, 0.05) is 22.3 Å². The highest BCUT2D eigenvalue weighted by atomic mass is 32.2. The molecule has 0 fully saturated rings. The Morgan fingerprint density at radius 1 is 1.08 bits per heavy atom. The molecule has 0 aliphatic heterocycles. The van der Waals surface area contributed by atoms with Gasteiger partial charge in [-0.15, -0.1) is 0 Å². The van der Waals surface area contributed by atoms with E-state index in [9.17, 15) is 14.0 Å². The number of fused-ring (bicyclic) bond motifs is 2. The third-order valence-corrected chi connectivity index (χ3v) is 7.09. The van der Waals surface area contributed by atoms with Gasteiger partial charge in [-0.2, -0.15) is 0 Å².